The molecule has 0 aliphatic carbocycles. The highest BCUT2D eigenvalue weighted by Crippen LogP contribution is 2.19. The summed E-state index contributed by atoms with van der Waals surface area (Å²) in [5.74, 6) is -4.36. The predicted molar refractivity (Wildman–Crippen MR) is 124 cm³/mol. The molecule has 1 aromatic heterocycles. The summed E-state index contributed by atoms with van der Waals surface area (Å²) in [6.45, 7) is 1.36. The summed E-state index contributed by atoms with van der Waals surface area (Å²) in [5.41, 5.74) is 5.32. The van der Waals surface area contributed by atoms with Crippen molar-refractivity contribution in [1.82, 2.24) is 9.97 Å². The number of thioether (sulfide) groups is 1. The number of nitrogens with one attached hydrogen (secondary N) is 4. The molecule has 2 aromatic carbocycles. The number of carbonyl (C=O) groups is 3. The zero-order chi connectivity index (χ0) is 24.8. The van der Waals surface area contributed by atoms with E-state index in [1.165, 1.54) is 6.92 Å². The smallest absolute Gasteiger partial charge is 0.277 e. The Balaban J connectivity index is 1.63. The number of halogens is 2. The normalized spacial score (nSPS) is 10.4. The van der Waals surface area contributed by atoms with Crippen molar-refractivity contribution in [2.45, 2.75) is 12.1 Å². The van der Waals surface area contributed by atoms with Crippen LogP contribution in [0.4, 0.5) is 31.7 Å². The van der Waals surface area contributed by atoms with Gasteiger partial charge < -0.3 is 21.7 Å². The number of carbonyl (C=O) groups excluding carboxylic acids is 3. The van der Waals surface area contributed by atoms with Crippen LogP contribution in [0.3, 0.4) is 0 Å². The molecule has 0 aliphatic rings. The summed E-state index contributed by atoms with van der Waals surface area (Å²) in [6.07, 6.45) is 0. The average molecular weight is 488 g/mol. The van der Waals surface area contributed by atoms with Crippen LogP contribution in [0.15, 0.2) is 52.4 Å². The SMILES string of the molecule is CC(=O)Nc1cccc(NC(=O)CSc2nc(N)c(NC(=O)c3ccc(F)c(F)c3)c(=O)[nH]2)c1. The number of aromatic nitrogens is 2. The summed E-state index contributed by atoms with van der Waals surface area (Å²) in [4.78, 5) is 54.3. The first-order valence-corrected chi connectivity index (χ1v) is 10.6. The molecule has 1 heterocycles. The lowest BCUT2D eigenvalue weighted by molar-refractivity contribution is -0.114. The molecule has 0 unspecified atom stereocenters. The lowest BCUT2D eigenvalue weighted by atomic mass is 10.2. The summed E-state index contributed by atoms with van der Waals surface area (Å²) in [6, 6.07) is 9.02. The van der Waals surface area contributed by atoms with Gasteiger partial charge in [-0.05, 0) is 36.4 Å². The minimum atomic E-state index is -1.22. The number of benzene rings is 2. The number of H-pyrrole nitrogens is 1. The van der Waals surface area contributed by atoms with Gasteiger partial charge in [0.25, 0.3) is 11.5 Å². The quantitative estimate of drug-likeness (QED) is 0.252. The Kier molecular flexibility index (Phi) is 7.58. The Bertz CT molecular complexity index is 1330. The summed E-state index contributed by atoms with van der Waals surface area (Å²) in [7, 11) is 0. The highest BCUT2D eigenvalue weighted by atomic mass is 32.2. The van der Waals surface area contributed by atoms with E-state index in [1.54, 1.807) is 24.3 Å². The lowest BCUT2D eigenvalue weighted by Crippen LogP contribution is -2.23. The standard InChI is InChI=1S/C21H18F2N6O4S/c1-10(30)25-12-3-2-4-13(8-12)26-16(31)9-34-21-28-18(24)17(20(33)29-21)27-19(32)11-5-6-14(22)15(23)7-11/h2-8H,9H2,1H3,(H,25,30)(H,26,31)(H,27,32)(H3,24,28,29,33). The van der Waals surface area contributed by atoms with Gasteiger partial charge >= 0.3 is 0 Å². The van der Waals surface area contributed by atoms with Crippen molar-refractivity contribution < 1.29 is 23.2 Å². The average Bonchev–Trinajstić information content (AvgIpc) is 2.76. The minimum absolute atomic E-state index is 0.0236. The van der Waals surface area contributed by atoms with E-state index in [9.17, 15) is 28.0 Å². The molecule has 0 atom stereocenters. The first kappa shape index (κ1) is 24.4. The fourth-order valence-corrected chi connectivity index (χ4v) is 3.36. The highest BCUT2D eigenvalue weighted by molar-refractivity contribution is 7.99. The van der Waals surface area contributed by atoms with E-state index >= 15 is 0 Å². The Morgan fingerprint density at radius 2 is 1.74 bits per heavy atom. The van der Waals surface area contributed by atoms with Crippen molar-refractivity contribution in [3.05, 3.63) is 70.0 Å². The molecule has 10 nitrogen and oxygen atoms in total. The molecule has 13 heteroatoms. The van der Waals surface area contributed by atoms with Gasteiger partial charge in [0.15, 0.2) is 22.6 Å². The zero-order valence-corrected chi connectivity index (χ0v) is 18.4. The number of nitrogens with zero attached hydrogens (tertiary/aromatic N) is 1. The Labute approximate surface area is 195 Å². The summed E-state index contributed by atoms with van der Waals surface area (Å²) < 4.78 is 26.4. The van der Waals surface area contributed by atoms with Crippen LogP contribution in [0.25, 0.3) is 0 Å². The first-order chi connectivity index (χ1) is 16.1. The highest BCUT2D eigenvalue weighted by Gasteiger charge is 2.16. The molecule has 0 aliphatic heterocycles. The van der Waals surface area contributed by atoms with Crippen molar-refractivity contribution in [2.75, 3.05) is 27.4 Å². The van der Waals surface area contributed by atoms with Gasteiger partial charge in [-0.2, -0.15) is 0 Å². The van der Waals surface area contributed by atoms with Crippen LogP contribution in [-0.2, 0) is 9.59 Å². The van der Waals surface area contributed by atoms with Crippen molar-refractivity contribution in [3.8, 4) is 0 Å². The third kappa shape index (κ3) is 6.38. The van der Waals surface area contributed by atoms with E-state index < -0.39 is 29.0 Å². The molecule has 0 saturated carbocycles. The maximum Gasteiger partial charge on any atom is 0.277 e. The van der Waals surface area contributed by atoms with Gasteiger partial charge in [0.1, 0.15) is 5.69 Å². The third-order valence-electron chi connectivity index (χ3n) is 4.15. The van der Waals surface area contributed by atoms with E-state index in [1.807, 2.05) is 0 Å². The second-order valence-corrected chi connectivity index (χ2v) is 7.78. The molecular formula is C21H18F2N6O4S. The van der Waals surface area contributed by atoms with Gasteiger partial charge in [0.05, 0.1) is 5.75 Å². The van der Waals surface area contributed by atoms with Gasteiger partial charge in [-0.1, -0.05) is 17.8 Å². The molecule has 6 N–H and O–H groups in total. The first-order valence-electron chi connectivity index (χ1n) is 9.59. The molecule has 3 amide bonds. The van der Waals surface area contributed by atoms with Crippen LogP contribution < -0.4 is 27.2 Å². The van der Waals surface area contributed by atoms with Crippen molar-refractivity contribution >= 4 is 52.4 Å². The maximum atomic E-state index is 13.3. The largest absolute Gasteiger partial charge is 0.382 e. The van der Waals surface area contributed by atoms with Crippen molar-refractivity contribution in [3.63, 3.8) is 0 Å². The van der Waals surface area contributed by atoms with Crippen LogP contribution in [0.1, 0.15) is 17.3 Å². The van der Waals surface area contributed by atoms with Gasteiger partial charge in [-0.25, -0.2) is 13.8 Å². The number of hydrogen-bond donors (Lipinski definition) is 5. The summed E-state index contributed by atoms with van der Waals surface area (Å²) >= 11 is 0.886. The van der Waals surface area contributed by atoms with Crippen molar-refractivity contribution in [2.24, 2.45) is 0 Å². The van der Waals surface area contributed by atoms with Crippen LogP contribution in [0, 0.1) is 11.6 Å². The molecule has 0 fully saturated rings. The Morgan fingerprint density at radius 1 is 1.03 bits per heavy atom. The number of hydrogen-bond acceptors (Lipinski definition) is 7. The lowest BCUT2D eigenvalue weighted by Gasteiger charge is -2.09. The number of anilines is 4. The van der Waals surface area contributed by atoms with Gasteiger partial charge in [0, 0.05) is 23.9 Å². The number of aromatic amines is 1. The molecule has 0 radical (unpaired) electrons. The fourth-order valence-electron chi connectivity index (χ4n) is 2.69. The predicted octanol–water partition coefficient (Wildman–Crippen LogP) is 2.57. The molecular weight excluding hydrogens is 470 g/mol. The second-order valence-electron chi connectivity index (χ2n) is 6.81. The fraction of sp³-hybridized carbons (Fsp3) is 0.0952. The summed E-state index contributed by atoms with van der Waals surface area (Å²) in [5, 5.41) is 7.47. The van der Waals surface area contributed by atoms with Gasteiger partial charge in [-0.15, -0.1) is 0 Å². The van der Waals surface area contributed by atoms with E-state index in [0.717, 1.165) is 23.9 Å². The number of nitrogens with two attached hydrogens (primary N) is 1. The monoisotopic (exact) mass is 488 g/mol. The Hall–Kier alpha value is -4.26. The minimum Gasteiger partial charge on any atom is -0.382 e. The van der Waals surface area contributed by atoms with Gasteiger partial charge in [-0.3, -0.25) is 24.2 Å². The van der Waals surface area contributed by atoms with Crippen LogP contribution >= 0.6 is 11.8 Å². The molecule has 176 valence electrons. The topological polar surface area (TPSA) is 159 Å². The third-order valence-corrected chi connectivity index (χ3v) is 5.03. The molecule has 3 rings (SSSR count). The van der Waals surface area contributed by atoms with E-state index in [0.29, 0.717) is 17.4 Å². The molecule has 34 heavy (non-hydrogen) atoms. The van der Waals surface area contributed by atoms with Crippen LogP contribution in [-0.4, -0.2) is 33.4 Å². The van der Waals surface area contributed by atoms with Crippen LogP contribution in [0.5, 0.6) is 0 Å². The molecule has 0 spiro atoms. The van der Waals surface area contributed by atoms with E-state index in [-0.39, 0.29) is 33.9 Å². The Morgan fingerprint density at radius 3 is 2.38 bits per heavy atom. The number of amides is 3. The number of rotatable bonds is 7. The van der Waals surface area contributed by atoms with E-state index in [2.05, 4.69) is 25.9 Å². The van der Waals surface area contributed by atoms with E-state index in [4.69, 9.17) is 5.73 Å². The zero-order valence-electron chi connectivity index (χ0n) is 17.6. The maximum absolute atomic E-state index is 13.3. The van der Waals surface area contributed by atoms with Gasteiger partial charge in [0.2, 0.25) is 11.8 Å². The molecule has 0 bridgehead atoms. The second kappa shape index (κ2) is 10.6. The molecule has 3 aromatic rings. The van der Waals surface area contributed by atoms with Crippen molar-refractivity contribution in [1.29, 1.82) is 0 Å². The molecule has 0 saturated heterocycles. The number of nitrogen functional groups attached to an aromatic ring is 1. The van der Waals surface area contributed by atoms with Crippen LogP contribution in [0.2, 0.25) is 0 Å².